The Bertz CT molecular complexity index is 305. The van der Waals surface area contributed by atoms with Crippen LogP contribution in [-0.4, -0.2) is 16.6 Å². The van der Waals surface area contributed by atoms with Crippen LogP contribution in [0.4, 0.5) is 0 Å². The zero-order chi connectivity index (χ0) is 12.1. The first-order valence-electron chi connectivity index (χ1n) is 6.15. The van der Waals surface area contributed by atoms with Gasteiger partial charge in [-0.1, -0.05) is 45.0 Å². The fourth-order valence-corrected chi connectivity index (χ4v) is 3.17. The second-order valence-corrected chi connectivity index (χ2v) is 5.31. The monoisotopic (exact) mass is 241 g/mol. The molecule has 1 unspecified atom stereocenters. The van der Waals surface area contributed by atoms with E-state index in [2.05, 4.69) is 42.6 Å². The van der Waals surface area contributed by atoms with Crippen LogP contribution in [0.3, 0.4) is 0 Å². The summed E-state index contributed by atoms with van der Waals surface area (Å²) in [6.07, 6.45) is 2.38. The van der Waals surface area contributed by atoms with Crippen molar-refractivity contribution in [1.82, 2.24) is 14.9 Å². The van der Waals surface area contributed by atoms with Crippen molar-refractivity contribution < 1.29 is 0 Å². The fourth-order valence-electron chi connectivity index (χ4n) is 2.16. The van der Waals surface area contributed by atoms with Gasteiger partial charge in [-0.3, -0.25) is 0 Å². The van der Waals surface area contributed by atoms with Gasteiger partial charge in [-0.2, -0.15) is 0 Å². The van der Waals surface area contributed by atoms with Gasteiger partial charge in [-0.05, 0) is 30.4 Å². The summed E-state index contributed by atoms with van der Waals surface area (Å²) in [5.74, 6) is 1.13. The average Bonchev–Trinajstić information content (AvgIpc) is 2.74. The van der Waals surface area contributed by atoms with E-state index in [4.69, 9.17) is 0 Å². The van der Waals surface area contributed by atoms with Crippen molar-refractivity contribution in [3.8, 4) is 0 Å². The second-order valence-electron chi connectivity index (χ2n) is 4.52. The minimum atomic E-state index is 0.410. The quantitative estimate of drug-likeness (QED) is 0.830. The molecule has 0 spiro atoms. The van der Waals surface area contributed by atoms with Gasteiger partial charge in [0.1, 0.15) is 0 Å². The first-order chi connectivity index (χ1) is 7.65. The van der Waals surface area contributed by atoms with E-state index in [-0.39, 0.29) is 0 Å². The van der Waals surface area contributed by atoms with Gasteiger partial charge in [-0.25, -0.2) is 0 Å². The lowest BCUT2D eigenvalue weighted by Gasteiger charge is -2.24. The summed E-state index contributed by atoms with van der Waals surface area (Å²) in [5, 5.41) is 7.70. The van der Waals surface area contributed by atoms with Crippen LogP contribution >= 0.6 is 11.5 Å². The molecule has 16 heavy (non-hydrogen) atoms. The van der Waals surface area contributed by atoms with Gasteiger partial charge in [0, 0.05) is 6.04 Å². The van der Waals surface area contributed by atoms with Crippen molar-refractivity contribution in [2.24, 2.45) is 5.92 Å². The Kier molecular flexibility index (Phi) is 5.35. The molecule has 0 aromatic carbocycles. The smallest absolute Gasteiger partial charge is 0.0829 e. The van der Waals surface area contributed by atoms with Crippen LogP contribution in [0.5, 0.6) is 0 Å². The number of aromatic nitrogens is 2. The molecule has 4 heteroatoms. The van der Waals surface area contributed by atoms with E-state index >= 15 is 0 Å². The minimum Gasteiger partial charge on any atom is -0.312 e. The Labute approximate surface area is 103 Å². The lowest BCUT2D eigenvalue weighted by atomic mass is 9.91. The summed E-state index contributed by atoms with van der Waals surface area (Å²) in [6, 6.07) is 0.410. The number of nitrogens with zero attached hydrogens (tertiary/aromatic N) is 2. The van der Waals surface area contributed by atoms with Crippen LogP contribution in [0, 0.1) is 5.92 Å². The topological polar surface area (TPSA) is 37.8 Å². The maximum Gasteiger partial charge on any atom is 0.0829 e. The van der Waals surface area contributed by atoms with Gasteiger partial charge in [0.2, 0.25) is 0 Å². The minimum absolute atomic E-state index is 0.410. The largest absolute Gasteiger partial charge is 0.312 e. The van der Waals surface area contributed by atoms with Crippen molar-refractivity contribution in [3.63, 3.8) is 0 Å². The SMILES string of the molecule is CCC(CC)C(NC)c1snnc1C(C)C. The van der Waals surface area contributed by atoms with E-state index in [1.54, 1.807) is 11.5 Å². The molecular formula is C12H23N3S. The van der Waals surface area contributed by atoms with E-state index in [9.17, 15) is 0 Å². The van der Waals surface area contributed by atoms with Crippen LogP contribution < -0.4 is 5.32 Å². The van der Waals surface area contributed by atoms with Crippen LogP contribution in [0.15, 0.2) is 0 Å². The van der Waals surface area contributed by atoms with Crippen molar-refractivity contribution in [1.29, 1.82) is 0 Å². The van der Waals surface area contributed by atoms with E-state index in [1.807, 2.05) is 7.05 Å². The standard InChI is InChI=1S/C12H23N3S/c1-6-9(7-2)11(13-5)12-10(8(3)4)14-15-16-12/h8-9,11,13H,6-7H2,1-5H3. The molecule has 0 aliphatic rings. The molecule has 0 fully saturated rings. The summed E-state index contributed by atoms with van der Waals surface area (Å²) in [7, 11) is 2.03. The highest BCUT2D eigenvalue weighted by Gasteiger charge is 2.25. The van der Waals surface area contributed by atoms with Gasteiger partial charge in [0.25, 0.3) is 0 Å². The lowest BCUT2D eigenvalue weighted by molar-refractivity contribution is 0.361. The zero-order valence-corrected chi connectivity index (χ0v) is 11.8. The Hall–Kier alpha value is -0.480. The normalized spacial score (nSPS) is 13.7. The van der Waals surface area contributed by atoms with Gasteiger partial charge in [0.05, 0.1) is 10.6 Å². The van der Waals surface area contributed by atoms with Crippen LogP contribution in [0.25, 0.3) is 0 Å². The van der Waals surface area contributed by atoms with Gasteiger partial charge >= 0.3 is 0 Å². The molecule has 0 amide bonds. The second kappa shape index (κ2) is 6.30. The number of nitrogens with one attached hydrogen (secondary N) is 1. The predicted molar refractivity (Wildman–Crippen MR) is 69.9 cm³/mol. The molecule has 0 saturated carbocycles. The van der Waals surface area contributed by atoms with Crippen molar-refractivity contribution in [2.45, 2.75) is 52.5 Å². The van der Waals surface area contributed by atoms with Gasteiger partial charge < -0.3 is 5.32 Å². The van der Waals surface area contributed by atoms with Gasteiger partial charge in [0.15, 0.2) is 0 Å². The highest BCUT2D eigenvalue weighted by atomic mass is 32.1. The molecule has 1 heterocycles. The highest BCUT2D eigenvalue weighted by Crippen LogP contribution is 2.33. The molecule has 1 atom stereocenters. The van der Waals surface area contributed by atoms with Crippen molar-refractivity contribution in [3.05, 3.63) is 10.6 Å². The van der Waals surface area contributed by atoms with Gasteiger partial charge in [-0.15, -0.1) is 5.10 Å². The lowest BCUT2D eigenvalue weighted by Crippen LogP contribution is -2.25. The molecule has 92 valence electrons. The predicted octanol–water partition coefficient (Wildman–Crippen LogP) is 3.36. The first kappa shape index (κ1) is 13.6. The summed E-state index contributed by atoms with van der Waals surface area (Å²) >= 11 is 1.55. The third-order valence-electron chi connectivity index (χ3n) is 3.20. The molecule has 1 aromatic heterocycles. The molecule has 1 aromatic rings. The Balaban J connectivity index is 2.98. The summed E-state index contributed by atoms with van der Waals surface area (Å²) < 4.78 is 4.11. The first-order valence-corrected chi connectivity index (χ1v) is 6.92. The molecule has 1 N–H and O–H groups in total. The number of hydrogen-bond donors (Lipinski definition) is 1. The fraction of sp³-hybridized carbons (Fsp3) is 0.833. The number of hydrogen-bond acceptors (Lipinski definition) is 4. The molecule has 0 saturated heterocycles. The van der Waals surface area contributed by atoms with Crippen molar-refractivity contribution >= 4 is 11.5 Å². The summed E-state index contributed by atoms with van der Waals surface area (Å²) in [5.41, 5.74) is 1.16. The molecule has 0 aliphatic carbocycles. The third-order valence-corrected chi connectivity index (χ3v) is 4.02. The Morgan fingerprint density at radius 3 is 2.31 bits per heavy atom. The Morgan fingerprint density at radius 2 is 1.88 bits per heavy atom. The summed E-state index contributed by atoms with van der Waals surface area (Å²) in [6.45, 7) is 8.86. The molecular weight excluding hydrogens is 218 g/mol. The number of rotatable bonds is 6. The summed E-state index contributed by atoms with van der Waals surface area (Å²) in [4.78, 5) is 1.33. The van der Waals surface area contributed by atoms with E-state index < -0.39 is 0 Å². The third kappa shape index (κ3) is 2.80. The molecule has 1 rings (SSSR count). The van der Waals surface area contributed by atoms with Crippen LogP contribution in [0.1, 0.15) is 63.1 Å². The van der Waals surface area contributed by atoms with Crippen molar-refractivity contribution in [2.75, 3.05) is 7.05 Å². The Morgan fingerprint density at radius 1 is 1.25 bits per heavy atom. The van der Waals surface area contributed by atoms with Crippen LogP contribution in [-0.2, 0) is 0 Å². The molecule has 0 aliphatic heterocycles. The highest BCUT2D eigenvalue weighted by molar-refractivity contribution is 7.05. The molecule has 3 nitrogen and oxygen atoms in total. The van der Waals surface area contributed by atoms with E-state index in [0.29, 0.717) is 17.9 Å². The maximum atomic E-state index is 4.26. The van der Waals surface area contributed by atoms with E-state index in [0.717, 1.165) is 5.69 Å². The van der Waals surface area contributed by atoms with E-state index in [1.165, 1.54) is 17.7 Å². The van der Waals surface area contributed by atoms with Crippen LogP contribution in [0.2, 0.25) is 0 Å². The maximum absolute atomic E-state index is 4.26. The molecule has 0 radical (unpaired) electrons. The zero-order valence-electron chi connectivity index (χ0n) is 10.9. The molecule has 0 bridgehead atoms. The average molecular weight is 241 g/mol.